The van der Waals surface area contributed by atoms with Crippen molar-refractivity contribution in [1.82, 2.24) is 19.9 Å². The van der Waals surface area contributed by atoms with Crippen LogP contribution >= 0.6 is 0 Å². The second kappa shape index (κ2) is 10.5. The van der Waals surface area contributed by atoms with E-state index in [0.717, 1.165) is 23.3 Å². The monoisotopic (exact) mass is 516 g/mol. The van der Waals surface area contributed by atoms with Gasteiger partial charge in [-0.05, 0) is 42.8 Å². The number of rotatable bonds is 9. The fourth-order valence-corrected chi connectivity index (χ4v) is 4.29. The minimum atomic E-state index is -1.84. The molecule has 5 aromatic rings. The number of ether oxygens (including phenoxy) is 1. The number of nitrogens with zero attached hydrogens (tertiary/aromatic N) is 4. The van der Waals surface area contributed by atoms with Crippen LogP contribution in [-0.4, -0.2) is 25.0 Å². The molecule has 3 aromatic carbocycles. The van der Waals surface area contributed by atoms with Crippen molar-refractivity contribution in [2.24, 2.45) is 0 Å². The van der Waals surface area contributed by atoms with Gasteiger partial charge in [0.15, 0.2) is 0 Å². The molecule has 0 spiro atoms. The molecule has 2 aromatic heterocycles. The summed E-state index contributed by atoms with van der Waals surface area (Å²) >= 11 is 0. The van der Waals surface area contributed by atoms with Gasteiger partial charge in [0.2, 0.25) is 0 Å². The smallest absolute Gasteiger partial charge is 0.143 e. The van der Waals surface area contributed by atoms with Crippen LogP contribution in [0, 0.1) is 18.6 Å². The van der Waals surface area contributed by atoms with Crippen molar-refractivity contribution in [2.75, 3.05) is 0 Å². The zero-order valence-corrected chi connectivity index (χ0v) is 20.9. The van der Waals surface area contributed by atoms with Gasteiger partial charge in [-0.1, -0.05) is 48.0 Å². The van der Waals surface area contributed by atoms with E-state index in [9.17, 15) is 13.9 Å². The molecule has 1 N–H and O–H groups in total. The Bertz CT molecular complexity index is 1500. The molecule has 38 heavy (non-hydrogen) atoms. The number of aliphatic hydroxyl groups is 1. The van der Waals surface area contributed by atoms with Crippen LogP contribution in [0.5, 0.6) is 5.75 Å². The first-order chi connectivity index (χ1) is 18.3. The maximum absolute atomic E-state index is 14.8. The highest BCUT2D eigenvalue weighted by atomic mass is 19.1. The zero-order chi connectivity index (χ0) is 26.7. The largest absolute Gasteiger partial charge is 0.489 e. The average molecular weight is 517 g/mol. The maximum atomic E-state index is 14.8. The Hall–Kier alpha value is -4.37. The van der Waals surface area contributed by atoms with E-state index < -0.39 is 23.2 Å². The van der Waals surface area contributed by atoms with Crippen LogP contribution in [0.2, 0.25) is 0 Å². The molecule has 5 rings (SSSR count). The second-order valence-electron chi connectivity index (χ2n) is 9.28. The van der Waals surface area contributed by atoms with E-state index in [1.165, 1.54) is 29.0 Å². The number of aromatic nitrogens is 4. The van der Waals surface area contributed by atoms with Gasteiger partial charge < -0.3 is 14.4 Å². The SMILES string of the molecule is Cc1ccc(COc2ccc(-c3cc([C@H](C)[C@](O)(Cn4cncn4)c4ccc(F)cc4F)on3)cc2)cc1. The van der Waals surface area contributed by atoms with Crippen molar-refractivity contribution in [1.29, 1.82) is 0 Å². The Kier molecular flexibility index (Phi) is 7.02. The topological polar surface area (TPSA) is 86.2 Å². The molecule has 0 aliphatic heterocycles. The number of benzene rings is 3. The van der Waals surface area contributed by atoms with Crippen LogP contribution < -0.4 is 4.74 Å². The third kappa shape index (κ3) is 5.33. The third-order valence-corrected chi connectivity index (χ3v) is 6.61. The Balaban J connectivity index is 1.36. The molecule has 0 amide bonds. The molecule has 0 aliphatic carbocycles. The minimum Gasteiger partial charge on any atom is -0.489 e. The van der Waals surface area contributed by atoms with Crippen molar-refractivity contribution in [3.8, 4) is 17.0 Å². The van der Waals surface area contributed by atoms with Crippen LogP contribution in [0.4, 0.5) is 8.78 Å². The number of aryl methyl sites for hydroxylation is 1. The predicted octanol–water partition coefficient (Wildman–Crippen LogP) is 5.79. The quantitative estimate of drug-likeness (QED) is 0.267. The molecule has 0 radical (unpaired) electrons. The summed E-state index contributed by atoms with van der Waals surface area (Å²) in [5, 5.41) is 20.0. The fourth-order valence-electron chi connectivity index (χ4n) is 4.29. The minimum absolute atomic E-state index is 0.0880. The van der Waals surface area contributed by atoms with Crippen molar-refractivity contribution < 1.29 is 23.1 Å². The summed E-state index contributed by atoms with van der Waals surface area (Å²) in [6, 6.07) is 20.3. The summed E-state index contributed by atoms with van der Waals surface area (Å²) in [4.78, 5) is 3.89. The van der Waals surface area contributed by atoms with E-state index in [0.29, 0.717) is 23.8 Å². The third-order valence-electron chi connectivity index (χ3n) is 6.61. The van der Waals surface area contributed by atoms with Crippen LogP contribution in [0.15, 0.2) is 90.0 Å². The van der Waals surface area contributed by atoms with Crippen molar-refractivity contribution in [3.63, 3.8) is 0 Å². The molecule has 9 heteroatoms. The lowest BCUT2D eigenvalue weighted by Crippen LogP contribution is -2.38. The average Bonchev–Trinajstić information content (AvgIpc) is 3.61. The Morgan fingerprint density at radius 2 is 1.79 bits per heavy atom. The number of hydrogen-bond donors (Lipinski definition) is 1. The van der Waals surface area contributed by atoms with Gasteiger partial charge in [0, 0.05) is 23.3 Å². The first-order valence-electron chi connectivity index (χ1n) is 12.1. The van der Waals surface area contributed by atoms with Gasteiger partial charge in [-0.25, -0.2) is 18.4 Å². The molecule has 194 valence electrons. The highest BCUT2D eigenvalue weighted by molar-refractivity contribution is 5.60. The molecule has 0 unspecified atom stereocenters. The van der Waals surface area contributed by atoms with Gasteiger partial charge in [0.25, 0.3) is 0 Å². The molecule has 2 heterocycles. The zero-order valence-electron chi connectivity index (χ0n) is 20.9. The molecular formula is C29H26F2N4O3. The summed E-state index contributed by atoms with van der Waals surface area (Å²) in [7, 11) is 0. The summed E-state index contributed by atoms with van der Waals surface area (Å²) in [6.07, 6.45) is 2.72. The Morgan fingerprint density at radius 3 is 2.47 bits per heavy atom. The lowest BCUT2D eigenvalue weighted by Gasteiger charge is -2.33. The van der Waals surface area contributed by atoms with E-state index in [1.807, 2.05) is 55.5 Å². The van der Waals surface area contributed by atoms with E-state index in [1.54, 1.807) is 13.0 Å². The van der Waals surface area contributed by atoms with Crippen LogP contribution in [0.1, 0.15) is 35.3 Å². The standard InChI is InChI=1S/C29H26F2N4O3/c1-19-3-5-21(6-4-19)15-37-24-10-7-22(8-11-24)27-14-28(38-34-27)20(2)29(36,16-35-18-32-17-33-35)25-12-9-23(30)13-26(25)31/h3-14,17-18,20,36H,15-16H2,1-2H3/t20-,29+/m0/s1. The van der Waals surface area contributed by atoms with E-state index in [2.05, 4.69) is 15.2 Å². The molecule has 0 aliphatic rings. The van der Waals surface area contributed by atoms with Crippen LogP contribution in [-0.2, 0) is 18.8 Å². The van der Waals surface area contributed by atoms with Crippen molar-refractivity contribution >= 4 is 0 Å². The highest BCUT2D eigenvalue weighted by Crippen LogP contribution is 2.40. The molecule has 2 atom stereocenters. The summed E-state index contributed by atoms with van der Waals surface area (Å²) in [6.45, 7) is 4.04. The van der Waals surface area contributed by atoms with Gasteiger partial charge >= 0.3 is 0 Å². The summed E-state index contributed by atoms with van der Waals surface area (Å²) in [5.41, 5.74) is 1.66. The molecule has 0 bridgehead atoms. The molecule has 0 fully saturated rings. The molecule has 0 saturated carbocycles. The van der Waals surface area contributed by atoms with Crippen molar-refractivity contribution in [3.05, 3.63) is 120 Å². The Labute approximate surface area is 218 Å². The number of hydrogen-bond acceptors (Lipinski definition) is 6. The Morgan fingerprint density at radius 1 is 1.03 bits per heavy atom. The maximum Gasteiger partial charge on any atom is 0.143 e. The molecule has 0 saturated heterocycles. The lowest BCUT2D eigenvalue weighted by molar-refractivity contribution is -0.0181. The normalized spacial score (nSPS) is 13.7. The predicted molar refractivity (Wildman–Crippen MR) is 136 cm³/mol. The van der Waals surface area contributed by atoms with Gasteiger partial charge in [0.05, 0.1) is 12.5 Å². The summed E-state index contributed by atoms with van der Waals surface area (Å²) in [5.74, 6) is -1.35. The van der Waals surface area contributed by atoms with Crippen LogP contribution in [0.3, 0.4) is 0 Å². The highest BCUT2D eigenvalue weighted by Gasteiger charge is 2.42. The first kappa shape index (κ1) is 25.3. The summed E-state index contributed by atoms with van der Waals surface area (Å²) < 4.78 is 41.3. The van der Waals surface area contributed by atoms with Crippen LogP contribution in [0.25, 0.3) is 11.3 Å². The van der Waals surface area contributed by atoms with E-state index in [-0.39, 0.29) is 12.1 Å². The fraction of sp³-hybridized carbons (Fsp3) is 0.207. The first-order valence-corrected chi connectivity index (χ1v) is 12.1. The van der Waals surface area contributed by atoms with Gasteiger partial charge in [-0.3, -0.25) is 0 Å². The molecular weight excluding hydrogens is 490 g/mol. The van der Waals surface area contributed by atoms with Gasteiger partial charge in [0.1, 0.15) is 53.7 Å². The van der Waals surface area contributed by atoms with E-state index >= 15 is 0 Å². The second-order valence-corrected chi connectivity index (χ2v) is 9.28. The lowest BCUT2D eigenvalue weighted by atomic mass is 9.80. The number of halogens is 2. The van der Waals surface area contributed by atoms with E-state index in [4.69, 9.17) is 9.26 Å². The van der Waals surface area contributed by atoms with Gasteiger partial charge in [-0.15, -0.1) is 0 Å². The van der Waals surface area contributed by atoms with Gasteiger partial charge in [-0.2, -0.15) is 5.10 Å². The van der Waals surface area contributed by atoms with Crippen molar-refractivity contribution in [2.45, 2.75) is 38.5 Å². The molecule has 7 nitrogen and oxygen atoms in total.